The minimum Gasteiger partial charge on any atom is -0.481 e. The van der Waals surface area contributed by atoms with Crippen LogP contribution in [0.4, 0.5) is 4.79 Å². The number of carbonyl (C=O) groups excluding carboxylic acids is 1. The molecule has 1 saturated carbocycles. The fourth-order valence-electron chi connectivity index (χ4n) is 3.35. The number of amides is 2. The van der Waals surface area contributed by atoms with Crippen LogP contribution in [-0.4, -0.2) is 39.6 Å². The molecular weight excluding hydrogens is 244 g/mol. The third-order valence-corrected chi connectivity index (χ3v) is 4.60. The summed E-state index contributed by atoms with van der Waals surface area (Å²) in [5, 5.41) is 12.0. The lowest BCUT2D eigenvalue weighted by atomic mass is 9.74. The largest absolute Gasteiger partial charge is 0.481 e. The van der Waals surface area contributed by atoms with Crippen LogP contribution in [0.1, 0.15) is 58.8 Å². The Labute approximate surface area is 114 Å². The standard InChI is InChI=1S/C14H24N2O3/c1-10-5-3-6-11(2)16(10)13(19)15-14(7-4-8-14)9-12(17)18/h10-11H,3-9H2,1-2H3,(H,15,19)(H,17,18)/t10-,11+. The maximum Gasteiger partial charge on any atom is 0.318 e. The van der Waals surface area contributed by atoms with Crippen LogP contribution in [0.25, 0.3) is 0 Å². The summed E-state index contributed by atoms with van der Waals surface area (Å²) in [5.41, 5.74) is -0.500. The van der Waals surface area contributed by atoms with Crippen LogP contribution < -0.4 is 5.32 Å². The first-order valence-corrected chi connectivity index (χ1v) is 7.26. The van der Waals surface area contributed by atoms with Crippen molar-refractivity contribution in [3.63, 3.8) is 0 Å². The predicted octanol–water partition coefficient (Wildman–Crippen LogP) is 2.36. The van der Waals surface area contributed by atoms with Gasteiger partial charge >= 0.3 is 12.0 Å². The van der Waals surface area contributed by atoms with Gasteiger partial charge in [0, 0.05) is 12.1 Å². The summed E-state index contributed by atoms with van der Waals surface area (Å²) >= 11 is 0. The smallest absolute Gasteiger partial charge is 0.318 e. The number of carbonyl (C=O) groups is 2. The molecule has 1 heterocycles. The van der Waals surface area contributed by atoms with Gasteiger partial charge in [0.1, 0.15) is 0 Å². The molecule has 1 aliphatic carbocycles. The van der Waals surface area contributed by atoms with Gasteiger partial charge in [-0.25, -0.2) is 4.79 Å². The molecule has 0 aromatic carbocycles. The fraction of sp³-hybridized carbons (Fsp3) is 0.857. The van der Waals surface area contributed by atoms with Crippen LogP contribution >= 0.6 is 0 Å². The topological polar surface area (TPSA) is 69.6 Å². The molecule has 2 N–H and O–H groups in total. The van der Waals surface area contributed by atoms with Crippen LogP contribution in [0.15, 0.2) is 0 Å². The van der Waals surface area contributed by atoms with Gasteiger partial charge in [-0.1, -0.05) is 0 Å². The number of nitrogens with one attached hydrogen (secondary N) is 1. The van der Waals surface area contributed by atoms with Gasteiger partial charge in [-0.15, -0.1) is 0 Å². The normalized spacial score (nSPS) is 29.5. The number of carboxylic acid groups (broad SMARTS) is 1. The van der Waals surface area contributed by atoms with Gasteiger partial charge in [-0.2, -0.15) is 0 Å². The van der Waals surface area contributed by atoms with E-state index in [4.69, 9.17) is 5.11 Å². The van der Waals surface area contributed by atoms with Crippen LogP contribution in [0.5, 0.6) is 0 Å². The summed E-state index contributed by atoms with van der Waals surface area (Å²) in [6, 6.07) is 0.400. The summed E-state index contributed by atoms with van der Waals surface area (Å²) in [7, 11) is 0. The Morgan fingerprint density at radius 2 is 1.79 bits per heavy atom. The molecule has 19 heavy (non-hydrogen) atoms. The van der Waals surface area contributed by atoms with Crippen molar-refractivity contribution in [2.24, 2.45) is 0 Å². The van der Waals surface area contributed by atoms with Crippen molar-refractivity contribution in [2.45, 2.75) is 76.4 Å². The fourth-order valence-corrected chi connectivity index (χ4v) is 3.35. The maximum absolute atomic E-state index is 12.4. The molecule has 2 rings (SSSR count). The molecule has 2 amide bonds. The molecule has 0 unspecified atom stereocenters. The van der Waals surface area contributed by atoms with E-state index in [9.17, 15) is 9.59 Å². The van der Waals surface area contributed by atoms with E-state index in [1.807, 2.05) is 4.90 Å². The number of urea groups is 1. The Hall–Kier alpha value is -1.26. The second-order valence-corrected chi connectivity index (χ2v) is 6.17. The van der Waals surface area contributed by atoms with Gasteiger partial charge in [-0.3, -0.25) is 4.79 Å². The SMILES string of the molecule is C[C@@H]1CCC[C@H](C)N1C(=O)NC1(CC(=O)O)CCC1. The molecule has 2 fully saturated rings. The predicted molar refractivity (Wildman–Crippen MR) is 72.0 cm³/mol. The lowest BCUT2D eigenvalue weighted by molar-refractivity contribution is -0.139. The molecule has 1 saturated heterocycles. The Morgan fingerprint density at radius 1 is 1.21 bits per heavy atom. The molecule has 108 valence electrons. The molecule has 1 aliphatic heterocycles. The second-order valence-electron chi connectivity index (χ2n) is 6.17. The van der Waals surface area contributed by atoms with Crippen LogP contribution in [-0.2, 0) is 4.79 Å². The minimum absolute atomic E-state index is 0.0370. The number of rotatable bonds is 3. The van der Waals surface area contributed by atoms with Crippen molar-refractivity contribution >= 4 is 12.0 Å². The number of carboxylic acids is 1. The van der Waals surface area contributed by atoms with Gasteiger partial charge in [0.25, 0.3) is 0 Å². The van der Waals surface area contributed by atoms with Gasteiger partial charge < -0.3 is 15.3 Å². The zero-order valence-electron chi connectivity index (χ0n) is 11.8. The molecule has 0 radical (unpaired) electrons. The molecule has 0 spiro atoms. The zero-order chi connectivity index (χ0) is 14.0. The number of aliphatic carboxylic acids is 1. The van der Waals surface area contributed by atoms with Crippen molar-refractivity contribution in [1.29, 1.82) is 0 Å². The van der Waals surface area contributed by atoms with E-state index in [0.717, 1.165) is 38.5 Å². The molecule has 5 heteroatoms. The summed E-state index contributed by atoms with van der Waals surface area (Å²) in [6.07, 6.45) is 5.82. The first-order chi connectivity index (χ1) is 8.93. The van der Waals surface area contributed by atoms with Crippen LogP contribution in [0, 0.1) is 0 Å². The number of nitrogens with zero attached hydrogens (tertiary/aromatic N) is 1. The Morgan fingerprint density at radius 3 is 2.21 bits per heavy atom. The first-order valence-electron chi connectivity index (χ1n) is 7.26. The van der Waals surface area contributed by atoms with Gasteiger partial charge in [0.2, 0.25) is 0 Å². The third-order valence-electron chi connectivity index (χ3n) is 4.60. The van der Waals surface area contributed by atoms with Crippen LogP contribution in [0.2, 0.25) is 0 Å². The average Bonchev–Trinajstić information content (AvgIpc) is 2.25. The number of likely N-dealkylation sites (tertiary alicyclic amines) is 1. The van der Waals surface area contributed by atoms with Crippen molar-refractivity contribution in [3.8, 4) is 0 Å². The lowest BCUT2D eigenvalue weighted by Crippen LogP contribution is -2.61. The number of hydrogen-bond donors (Lipinski definition) is 2. The van der Waals surface area contributed by atoms with E-state index >= 15 is 0 Å². The Balaban J connectivity index is 2.00. The highest BCUT2D eigenvalue weighted by atomic mass is 16.4. The van der Waals surface area contributed by atoms with Gasteiger partial charge in [-0.05, 0) is 52.4 Å². The lowest BCUT2D eigenvalue weighted by Gasteiger charge is -2.46. The summed E-state index contributed by atoms with van der Waals surface area (Å²) < 4.78 is 0. The zero-order valence-corrected chi connectivity index (χ0v) is 11.8. The molecular formula is C14H24N2O3. The first kappa shape index (κ1) is 14.2. The van der Waals surface area contributed by atoms with Crippen LogP contribution in [0.3, 0.4) is 0 Å². The monoisotopic (exact) mass is 268 g/mol. The highest BCUT2D eigenvalue weighted by molar-refractivity contribution is 5.78. The molecule has 0 bridgehead atoms. The quantitative estimate of drug-likeness (QED) is 0.825. The average molecular weight is 268 g/mol. The Kier molecular flexibility index (Phi) is 4.02. The molecule has 2 atom stereocenters. The number of hydrogen-bond acceptors (Lipinski definition) is 2. The van der Waals surface area contributed by atoms with Gasteiger partial charge in [0.15, 0.2) is 0 Å². The van der Waals surface area contributed by atoms with Crippen molar-refractivity contribution < 1.29 is 14.7 Å². The maximum atomic E-state index is 12.4. The number of piperidine rings is 1. The summed E-state index contributed by atoms with van der Waals surface area (Å²) in [6.45, 7) is 4.14. The minimum atomic E-state index is -0.834. The van der Waals surface area contributed by atoms with Crippen molar-refractivity contribution in [2.75, 3.05) is 0 Å². The summed E-state index contributed by atoms with van der Waals surface area (Å²) in [4.78, 5) is 25.3. The van der Waals surface area contributed by atoms with E-state index < -0.39 is 11.5 Å². The van der Waals surface area contributed by atoms with E-state index in [2.05, 4.69) is 19.2 Å². The van der Waals surface area contributed by atoms with E-state index in [-0.39, 0.29) is 24.5 Å². The highest BCUT2D eigenvalue weighted by Gasteiger charge is 2.42. The molecule has 0 aromatic heterocycles. The molecule has 5 nitrogen and oxygen atoms in total. The molecule has 0 aromatic rings. The Bertz CT molecular complexity index is 356. The van der Waals surface area contributed by atoms with E-state index in [1.165, 1.54) is 0 Å². The second kappa shape index (κ2) is 5.39. The van der Waals surface area contributed by atoms with Gasteiger partial charge in [0.05, 0.1) is 12.0 Å². The third kappa shape index (κ3) is 3.01. The summed E-state index contributed by atoms with van der Waals surface area (Å²) in [5.74, 6) is -0.834. The highest BCUT2D eigenvalue weighted by Crippen LogP contribution is 2.35. The van der Waals surface area contributed by atoms with E-state index in [0.29, 0.717) is 0 Å². The molecule has 2 aliphatic rings. The van der Waals surface area contributed by atoms with Crippen molar-refractivity contribution in [1.82, 2.24) is 10.2 Å². The van der Waals surface area contributed by atoms with E-state index in [1.54, 1.807) is 0 Å². The van der Waals surface area contributed by atoms with Crippen molar-refractivity contribution in [3.05, 3.63) is 0 Å².